The van der Waals surface area contributed by atoms with E-state index in [1.54, 1.807) is 24.2 Å². The second-order valence-electron chi connectivity index (χ2n) is 4.22. The Morgan fingerprint density at radius 1 is 1.32 bits per heavy atom. The highest BCUT2D eigenvalue weighted by Gasteiger charge is 2.13. The molecular weight excluding hydrogens is 246 g/mol. The summed E-state index contributed by atoms with van der Waals surface area (Å²) in [7, 11) is 1.73. The minimum atomic E-state index is -0.115. The van der Waals surface area contributed by atoms with Crippen LogP contribution in [-0.2, 0) is 6.54 Å². The SMILES string of the molecule is CN(Cc1ccc2nonc2c1)C(=O)c1ccn[nH]1. The van der Waals surface area contributed by atoms with E-state index < -0.39 is 0 Å². The van der Waals surface area contributed by atoms with Crippen LogP contribution in [0.25, 0.3) is 11.0 Å². The van der Waals surface area contributed by atoms with Gasteiger partial charge in [-0.2, -0.15) is 5.10 Å². The van der Waals surface area contributed by atoms with Crippen molar-refractivity contribution in [3.8, 4) is 0 Å². The number of amides is 1. The predicted octanol–water partition coefficient (Wildman–Crippen LogP) is 1.22. The summed E-state index contributed by atoms with van der Waals surface area (Å²) in [6.45, 7) is 0.473. The van der Waals surface area contributed by atoms with Crippen LogP contribution < -0.4 is 0 Å². The molecule has 0 aliphatic heterocycles. The smallest absolute Gasteiger partial charge is 0.271 e. The summed E-state index contributed by atoms with van der Waals surface area (Å²) in [6.07, 6.45) is 1.55. The molecule has 0 unspecified atom stereocenters. The summed E-state index contributed by atoms with van der Waals surface area (Å²) in [6, 6.07) is 7.20. The summed E-state index contributed by atoms with van der Waals surface area (Å²) in [4.78, 5) is 13.6. The van der Waals surface area contributed by atoms with E-state index in [1.165, 1.54) is 0 Å². The lowest BCUT2D eigenvalue weighted by Gasteiger charge is -2.15. The fraction of sp³-hybridized carbons (Fsp3) is 0.167. The molecular formula is C12H11N5O2. The normalized spacial score (nSPS) is 10.8. The Balaban J connectivity index is 1.78. The van der Waals surface area contributed by atoms with E-state index in [2.05, 4.69) is 25.1 Å². The van der Waals surface area contributed by atoms with Gasteiger partial charge >= 0.3 is 0 Å². The lowest BCUT2D eigenvalue weighted by atomic mass is 10.2. The van der Waals surface area contributed by atoms with Crippen molar-refractivity contribution in [3.63, 3.8) is 0 Å². The van der Waals surface area contributed by atoms with Gasteiger partial charge < -0.3 is 4.90 Å². The average Bonchev–Trinajstić information content (AvgIpc) is 3.08. The van der Waals surface area contributed by atoms with Crippen LogP contribution >= 0.6 is 0 Å². The second kappa shape index (κ2) is 4.52. The molecule has 0 spiro atoms. The van der Waals surface area contributed by atoms with Crippen molar-refractivity contribution in [2.45, 2.75) is 6.54 Å². The quantitative estimate of drug-likeness (QED) is 0.762. The van der Waals surface area contributed by atoms with Crippen LogP contribution in [-0.4, -0.2) is 38.4 Å². The number of rotatable bonds is 3. The fourth-order valence-electron chi connectivity index (χ4n) is 1.85. The van der Waals surface area contributed by atoms with Gasteiger partial charge in [-0.25, -0.2) is 4.63 Å². The van der Waals surface area contributed by atoms with Crippen molar-refractivity contribution in [2.24, 2.45) is 0 Å². The Morgan fingerprint density at radius 2 is 2.16 bits per heavy atom. The molecule has 1 aromatic carbocycles. The standard InChI is InChI=1S/C12H11N5O2/c1-17(12(18)10-4-5-13-14-10)7-8-2-3-9-11(6-8)16-19-15-9/h2-6H,7H2,1H3,(H,13,14). The highest BCUT2D eigenvalue weighted by atomic mass is 16.6. The van der Waals surface area contributed by atoms with E-state index in [0.29, 0.717) is 23.3 Å². The monoisotopic (exact) mass is 257 g/mol. The van der Waals surface area contributed by atoms with Gasteiger partial charge in [-0.15, -0.1) is 0 Å². The number of hydrogen-bond acceptors (Lipinski definition) is 5. The third-order valence-corrected chi connectivity index (χ3v) is 2.82. The predicted molar refractivity (Wildman–Crippen MR) is 66.2 cm³/mol. The Kier molecular flexibility index (Phi) is 2.71. The third kappa shape index (κ3) is 2.17. The third-order valence-electron chi connectivity index (χ3n) is 2.82. The first kappa shape index (κ1) is 11.4. The topological polar surface area (TPSA) is 87.9 Å². The number of benzene rings is 1. The van der Waals surface area contributed by atoms with Crippen LogP contribution in [0.5, 0.6) is 0 Å². The zero-order chi connectivity index (χ0) is 13.2. The Hall–Kier alpha value is -2.70. The first-order chi connectivity index (χ1) is 9.24. The van der Waals surface area contributed by atoms with Crippen LogP contribution in [0.3, 0.4) is 0 Å². The number of carbonyl (C=O) groups excluding carboxylic acids is 1. The van der Waals surface area contributed by atoms with Crippen molar-refractivity contribution < 1.29 is 9.42 Å². The van der Waals surface area contributed by atoms with Gasteiger partial charge in [0.25, 0.3) is 5.91 Å². The van der Waals surface area contributed by atoms with Crippen LogP contribution in [0.1, 0.15) is 16.1 Å². The van der Waals surface area contributed by atoms with Gasteiger partial charge in [0.1, 0.15) is 16.7 Å². The average molecular weight is 257 g/mol. The number of nitrogens with one attached hydrogen (secondary N) is 1. The fourth-order valence-corrected chi connectivity index (χ4v) is 1.85. The van der Waals surface area contributed by atoms with E-state index >= 15 is 0 Å². The molecule has 0 saturated heterocycles. The van der Waals surface area contributed by atoms with Crippen LogP contribution in [0.2, 0.25) is 0 Å². The number of aromatic amines is 1. The number of H-pyrrole nitrogens is 1. The van der Waals surface area contributed by atoms with Crippen molar-refractivity contribution in [1.82, 2.24) is 25.4 Å². The Labute approximate surface area is 108 Å². The highest BCUT2D eigenvalue weighted by molar-refractivity contribution is 5.92. The maximum absolute atomic E-state index is 12.0. The summed E-state index contributed by atoms with van der Waals surface area (Å²) in [5, 5.41) is 13.9. The van der Waals surface area contributed by atoms with Crippen LogP contribution in [0.4, 0.5) is 0 Å². The molecule has 2 aromatic heterocycles. The Bertz CT molecular complexity index is 704. The maximum atomic E-state index is 12.0. The maximum Gasteiger partial charge on any atom is 0.271 e. The van der Waals surface area contributed by atoms with E-state index in [1.807, 2.05) is 18.2 Å². The first-order valence-corrected chi connectivity index (χ1v) is 5.70. The number of aromatic nitrogens is 4. The van der Waals surface area contributed by atoms with Gasteiger partial charge in [0, 0.05) is 19.8 Å². The van der Waals surface area contributed by atoms with Gasteiger partial charge in [-0.05, 0) is 34.1 Å². The van der Waals surface area contributed by atoms with E-state index in [9.17, 15) is 4.79 Å². The summed E-state index contributed by atoms with van der Waals surface area (Å²) in [5.74, 6) is -0.115. The molecule has 0 aliphatic carbocycles. The zero-order valence-corrected chi connectivity index (χ0v) is 10.2. The molecule has 0 atom stereocenters. The van der Waals surface area contributed by atoms with Crippen molar-refractivity contribution >= 4 is 16.9 Å². The molecule has 0 bridgehead atoms. The van der Waals surface area contributed by atoms with Crippen molar-refractivity contribution in [2.75, 3.05) is 7.05 Å². The van der Waals surface area contributed by atoms with E-state index in [0.717, 1.165) is 5.56 Å². The zero-order valence-electron chi connectivity index (χ0n) is 10.2. The molecule has 3 rings (SSSR count). The second-order valence-corrected chi connectivity index (χ2v) is 4.22. The molecule has 0 saturated carbocycles. The van der Waals surface area contributed by atoms with Crippen LogP contribution in [0, 0.1) is 0 Å². The van der Waals surface area contributed by atoms with Gasteiger partial charge in [0.05, 0.1) is 0 Å². The lowest BCUT2D eigenvalue weighted by molar-refractivity contribution is 0.0779. The summed E-state index contributed by atoms with van der Waals surface area (Å²) in [5.41, 5.74) is 2.80. The minimum Gasteiger partial charge on any atom is -0.336 e. The Morgan fingerprint density at radius 3 is 2.95 bits per heavy atom. The van der Waals surface area contributed by atoms with Gasteiger partial charge in [0.15, 0.2) is 0 Å². The number of fused-ring (bicyclic) bond motifs is 1. The molecule has 7 heteroatoms. The number of hydrogen-bond donors (Lipinski definition) is 1. The van der Waals surface area contributed by atoms with E-state index in [-0.39, 0.29) is 5.91 Å². The van der Waals surface area contributed by atoms with Gasteiger partial charge in [-0.1, -0.05) is 6.07 Å². The number of nitrogens with zero attached hydrogens (tertiary/aromatic N) is 4. The van der Waals surface area contributed by atoms with E-state index in [4.69, 9.17) is 0 Å². The first-order valence-electron chi connectivity index (χ1n) is 5.70. The largest absolute Gasteiger partial charge is 0.336 e. The molecule has 0 fully saturated rings. The minimum absolute atomic E-state index is 0.115. The molecule has 19 heavy (non-hydrogen) atoms. The molecule has 0 radical (unpaired) electrons. The molecule has 2 heterocycles. The molecule has 3 aromatic rings. The molecule has 7 nitrogen and oxygen atoms in total. The van der Waals surface area contributed by atoms with Crippen molar-refractivity contribution in [1.29, 1.82) is 0 Å². The molecule has 0 aliphatic rings. The lowest BCUT2D eigenvalue weighted by Crippen LogP contribution is -2.26. The molecule has 1 amide bonds. The highest BCUT2D eigenvalue weighted by Crippen LogP contribution is 2.13. The van der Waals surface area contributed by atoms with Crippen molar-refractivity contribution in [3.05, 3.63) is 41.7 Å². The summed E-state index contributed by atoms with van der Waals surface area (Å²) >= 11 is 0. The molecule has 1 N–H and O–H groups in total. The van der Waals surface area contributed by atoms with Gasteiger partial charge in [0.2, 0.25) is 0 Å². The van der Waals surface area contributed by atoms with Crippen LogP contribution in [0.15, 0.2) is 35.1 Å². The summed E-state index contributed by atoms with van der Waals surface area (Å²) < 4.78 is 4.64. The number of carbonyl (C=O) groups is 1. The molecule has 96 valence electrons. The van der Waals surface area contributed by atoms with Gasteiger partial charge in [-0.3, -0.25) is 9.89 Å².